The van der Waals surface area contributed by atoms with Gasteiger partial charge < -0.3 is 14.7 Å². The Morgan fingerprint density at radius 2 is 1.93 bits per heavy atom. The molecule has 156 valence electrons. The van der Waals surface area contributed by atoms with Crippen molar-refractivity contribution in [1.29, 1.82) is 0 Å². The predicted octanol–water partition coefficient (Wildman–Crippen LogP) is 3.20. The van der Waals surface area contributed by atoms with E-state index in [0.29, 0.717) is 37.4 Å². The molecule has 0 unspecified atom stereocenters. The fraction of sp³-hybridized carbons (Fsp3) is 0.316. The molecule has 0 radical (unpaired) electrons. The number of anilines is 2. The molecule has 0 bridgehead atoms. The molecule has 0 atom stereocenters. The molecule has 4 rings (SSSR count). The molecule has 3 aromatic rings. The Morgan fingerprint density at radius 3 is 2.57 bits per heavy atom. The van der Waals surface area contributed by atoms with Gasteiger partial charge in [0, 0.05) is 51.9 Å². The molecule has 1 amide bonds. The number of benzene rings is 1. The van der Waals surface area contributed by atoms with Crippen molar-refractivity contribution in [2.75, 3.05) is 50.1 Å². The van der Waals surface area contributed by atoms with Crippen LogP contribution in [0.1, 0.15) is 10.4 Å². The molecule has 1 aliphatic rings. The van der Waals surface area contributed by atoms with E-state index in [0.717, 1.165) is 15.0 Å². The van der Waals surface area contributed by atoms with E-state index in [1.807, 2.05) is 17.5 Å². The van der Waals surface area contributed by atoms with Gasteiger partial charge in [0.1, 0.15) is 5.69 Å². The zero-order valence-electron chi connectivity index (χ0n) is 16.5. The van der Waals surface area contributed by atoms with Gasteiger partial charge in [-0.2, -0.15) is 0 Å². The minimum Gasteiger partial charge on any atom is -0.372 e. The van der Waals surface area contributed by atoms with E-state index in [-0.39, 0.29) is 11.6 Å². The van der Waals surface area contributed by atoms with Crippen LogP contribution in [0.3, 0.4) is 0 Å². The summed E-state index contributed by atoms with van der Waals surface area (Å²) >= 11 is 3.17. The largest absolute Gasteiger partial charge is 0.372 e. The number of nitrogens with zero attached hydrogens (tertiary/aromatic N) is 6. The highest BCUT2D eigenvalue weighted by atomic mass is 32.1. The standard InChI is InChI=1S/C19H20N6O3S2/c1-22(2)14-6-5-13(12-15(14)25(27)28)18(26)23-7-9-24(10-8-23)19-21-20-17(30-19)16-4-3-11-29-16/h3-6,11-12H,7-10H2,1-2H3. The van der Waals surface area contributed by atoms with Crippen molar-refractivity contribution in [1.82, 2.24) is 15.1 Å². The number of carbonyl (C=O) groups is 1. The average molecular weight is 445 g/mol. The lowest BCUT2D eigenvalue weighted by Gasteiger charge is -2.34. The van der Waals surface area contributed by atoms with Crippen LogP contribution in [-0.4, -0.2) is 66.2 Å². The van der Waals surface area contributed by atoms with Crippen LogP contribution in [-0.2, 0) is 0 Å². The van der Waals surface area contributed by atoms with Crippen LogP contribution in [0, 0.1) is 10.1 Å². The Bertz CT molecular complexity index is 1060. The van der Waals surface area contributed by atoms with Gasteiger partial charge in [-0.05, 0) is 23.6 Å². The molecule has 9 nitrogen and oxygen atoms in total. The first-order valence-electron chi connectivity index (χ1n) is 9.31. The van der Waals surface area contributed by atoms with E-state index in [9.17, 15) is 14.9 Å². The molecular formula is C19H20N6O3S2. The lowest BCUT2D eigenvalue weighted by molar-refractivity contribution is -0.384. The molecule has 1 aromatic carbocycles. The summed E-state index contributed by atoms with van der Waals surface area (Å²) in [7, 11) is 3.47. The molecule has 2 aromatic heterocycles. The normalized spacial score (nSPS) is 14.1. The molecular weight excluding hydrogens is 424 g/mol. The summed E-state index contributed by atoms with van der Waals surface area (Å²) in [6.45, 7) is 2.33. The molecule has 11 heteroatoms. The molecule has 3 heterocycles. The van der Waals surface area contributed by atoms with Gasteiger partial charge in [0.25, 0.3) is 11.6 Å². The molecule has 0 aliphatic carbocycles. The third-order valence-corrected chi connectivity index (χ3v) is 6.91. The SMILES string of the molecule is CN(C)c1ccc(C(=O)N2CCN(c3nnc(-c4cccs4)s3)CC2)cc1[N+](=O)[O-]. The van der Waals surface area contributed by atoms with Crippen LogP contribution in [0.5, 0.6) is 0 Å². The van der Waals surface area contributed by atoms with Crippen molar-refractivity contribution in [2.45, 2.75) is 0 Å². The number of amides is 1. The Labute approximate surface area is 181 Å². The first kappa shape index (κ1) is 20.2. The number of carbonyl (C=O) groups excluding carboxylic acids is 1. The summed E-state index contributed by atoms with van der Waals surface area (Å²) < 4.78 is 0. The van der Waals surface area contributed by atoms with Gasteiger partial charge in [-0.15, -0.1) is 21.5 Å². The van der Waals surface area contributed by atoms with Crippen LogP contribution >= 0.6 is 22.7 Å². The summed E-state index contributed by atoms with van der Waals surface area (Å²) in [5.74, 6) is -0.195. The minimum absolute atomic E-state index is 0.0700. The number of piperazine rings is 1. The van der Waals surface area contributed by atoms with Gasteiger partial charge in [0.15, 0.2) is 5.01 Å². The first-order valence-corrected chi connectivity index (χ1v) is 11.0. The number of aromatic nitrogens is 2. The molecule has 1 fully saturated rings. The van der Waals surface area contributed by atoms with Gasteiger partial charge in [0.2, 0.25) is 5.13 Å². The van der Waals surface area contributed by atoms with Crippen molar-refractivity contribution >= 4 is 45.1 Å². The minimum atomic E-state index is -0.454. The molecule has 0 N–H and O–H groups in total. The molecule has 1 saturated heterocycles. The summed E-state index contributed by atoms with van der Waals surface area (Å²) in [6, 6.07) is 8.64. The first-order chi connectivity index (χ1) is 14.4. The second-order valence-electron chi connectivity index (χ2n) is 7.00. The average Bonchev–Trinajstić information content (AvgIpc) is 3.44. The van der Waals surface area contributed by atoms with Gasteiger partial charge in [-0.25, -0.2) is 0 Å². The highest BCUT2D eigenvalue weighted by Crippen LogP contribution is 2.32. The topological polar surface area (TPSA) is 95.7 Å². The van der Waals surface area contributed by atoms with Crippen LogP contribution in [0.15, 0.2) is 35.7 Å². The Kier molecular flexibility index (Phi) is 5.64. The number of nitro groups is 1. The van der Waals surface area contributed by atoms with Crippen molar-refractivity contribution in [3.05, 3.63) is 51.4 Å². The highest BCUT2D eigenvalue weighted by molar-refractivity contribution is 7.22. The molecule has 0 spiro atoms. The van der Waals surface area contributed by atoms with Gasteiger partial charge in [0.05, 0.1) is 9.80 Å². The smallest absolute Gasteiger partial charge is 0.293 e. The quantitative estimate of drug-likeness (QED) is 0.440. The second kappa shape index (κ2) is 8.36. The van der Waals surface area contributed by atoms with Crippen LogP contribution in [0.4, 0.5) is 16.5 Å². The zero-order chi connectivity index (χ0) is 21.3. The van der Waals surface area contributed by atoms with Crippen LogP contribution < -0.4 is 9.80 Å². The molecule has 1 aliphatic heterocycles. The second-order valence-corrected chi connectivity index (χ2v) is 8.91. The van der Waals surface area contributed by atoms with E-state index >= 15 is 0 Å². The van der Waals surface area contributed by atoms with Gasteiger partial charge >= 0.3 is 0 Å². The highest BCUT2D eigenvalue weighted by Gasteiger charge is 2.26. The number of thiophene rings is 1. The fourth-order valence-corrected chi connectivity index (χ4v) is 5.00. The van der Waals surface area contributed by atoms with E-state index in [1.54, 1.807) is 58.7 Å². The Hall–Kier alpha value is -3.05. The van der Waals surface area contributed by atoms with E-state index < -0.39 is 4.92 Å². The van der Waals surface area contributed by atoms with E-state index in [1.165, 1.54) is 6.07 Å². The fourth-order valence-electron chi connectivity index (χ4n) is 3.31. The molecule has 0 saturated carbocycles. The van der Waals surface area contributed by atoms with E-state index in [2.05, 4.69) is 15.1 Å². The van der Waals surface area contributed by atoms with Crippen LogP contribution in [0.2, 0.25) is 0 Å². The van der Waals surface area contributed by atoms with Crippen LogP contribution in [0.25, 0.3) is 9.88 Å². The van der Waals surface area contributed by atoms with Crippen molar-refractivity contribution in [3.8, 4) is 9.88 Å². The van der Waals surface area contributed by atoms with Crippen molar-refractivity contribution in [3.63, 3.8) is 0 Å². The summed E-state index contributed by atoms with van der Waals surface area (Å²) in [5.41, 5.74) is 0.732. The Morgan fingerprint density at radius 1 is 1.17 bits per heavy atom. The summed E-state index contributed by atoms with van der Waals surface area (Å²) in [4.78, 5) is 30.5. The summed E-state index contributed by atoms with van der Waals surface area (Å²) in [5, 5.41) is 23.7. The number of rotatable bonds is 5. The monoisotopic (exact) mass is 444 g/mol. The Balaban J connectivity index is 1.43. The maximum atomic E-state index is 12.9. The van der Waals surface area contributed by atoms with Gasteiger partial charge in [-0.1, -0.05) is 17.4 Å². The summed E-state index contributed by atoms with van der Waals surface area (Å²) in [6.07, 6.45) is 0. The maximum absolute atomic E-state index is 12.9. The third-order valence-electron chi connectivity index (χ3n) is 4.88. The number of hydrogen-bond donors (Lipinski definition) is 0. The van der Waals surface area contributed by atoms with Crippen molar-refractivity contribution < 1.29 is 9.72 Å². The zero-order valence-corrected chi connectivity index (χ0v) is 18.2. The molecule has 30 heavy (non-hydrogen) atoms. The maximum Gasteiger partial charge on any atom is 0.293 e. The lowest BCUT2D eigenvalue weighted by atomic mass is 10.1. The number of hydrogen-bond acceptors (Lipinski definition) is 9. The predicted molar refractivity (Wildman–Crippen MR) is 119 cm³/mol. The van der Waals surface area contributed by atoms with Gasteiger partial charge in [-0.3, -0.25) is 14.9 Å². The lowest BCUT2D eigenvalue weighted by Crippen LogP contribution is -2.48. The van der Waals surface area contributed by atoms with Crippen molar-refractivity contribution in [2.24, 2.45) is 0 Å². The third kappa shape index (κ3) is 3.98. The number of nitro benzene ring substituents is 1. The van der Waals surface area contributed by atoms with E-state index in [4.69, 9.17) is 0 Å².